The van der Waals surface area contributed by atoms with E-state index in [0.717, 1.165) is 27.2 Å². The molecule has 0 bridgehead atoms. The Morgan fingerprint density at radius 3 is 2.50 bits per heavy atom. The van der Waals surface area contributed by atoms with Crippen molar-refractivity contribution in [3.63, 3.8) is 0 Å². The van der Waals surface area contributed by atoms with Gasteiger partial charge in [0.15, 0.2) is 0 Å². The molecule has 214 valence electrons. The number of alkyl halides is 6. The van der Waals surface area contributed by atoms with E-state index in [1.807, 2.05) is 42.8 Å². The van der Waals surface area contributed by atoms with Crippen LogP contribution in [0.2, 0.25) is 0 Å². The van der Waals surface area contributed by atoms with Crippen LogP contribution in [-0.4, -0.2) is 51.4 Å². The SMILES string of the molecule is Cc1nc(CN2CCN(C(=O)c3ccc(C(F)(F)F)cc3C(F)(F)F)C(Cc3c[nH]c4ccccc34)C2)cs1.Cl. The average Bonchev–Trinajstić information content (AvgIpc) is 3.48. The summed E-state index contributed by atoms with van der Waals surface area (Å²) in [4.78, 5) is 24.7. The van der Waals surface area contributed by atoms with E-state index in [1.54, 1.807) is 0 Å². The van der Waals surface area contributed by atoms with Crippen molar-refractivity contribution in [2.24, 2.45) is 0 Å². The van der Waals surface area contributed by atoms with Gasteiger partial charge in [-0.25, -0.2) is 4.98 Å². The number of H-pyrrole nitrogens is 1. The third-order valence-corrected chi connectivity index (χ3v) is 7.72. The van der Waals surface area contributed by atoms with Crippen molar-refractivity contribution in [2.45, 2.75) is 38.3 Å². The van der Waals surface area contributed by atoms with Crippen LogP contribution in [0.5, 0.6) is 0 Å². The summed E-state index contributed by atoms with van der Waals surface area (Å²) in [6.07, 6.45) is -7.94. The normalized spacial score (nSPS) is 16.8. The molecule has 40 heavy (non-hydrogen) atoms. The number of nitrogens with zero attached hydrogens (tertiary/aromatic N) is 3. The van der Waals surface area contributed by atoms with Crippen LogP contribution in [0.1, 0.15) is 37.7 Å². The molecule has 2 aromatic carbocycles. The predicted molar refractivity (Wildman–Crippen MR) is 143 cm³/mol. The number of para-hydroxylation sites is 1. The van der Waals surface area contributed by atoms with Gasteiger partial charge in [0.05, 0.1) is 27.4 Å². The third kappa shape index (κ3) is 6.29. The Morgan fingerprint density at radius 1 is 1.07 bits per heavy atom. The molecule has 5 rings (SSSR count). The molecule has 1 aliphatic rings. The number of aryl methyl sites for hydroxylation is 1. The van der Waals surface area contributed by atoms with Gasteiger partial charge in [-0.2, -0.15) is 26.3 Å². The minimum absolute atomic E-state index is 0. The third-order valence-electron chi connectivity index (χ3n) is 6.89. The number of hydrogen-bond acceptors (Lipinski definition) is 4. The molecule has 1 N–H and O–H groups in total. The van der Waals surface area contributed by atoms with Gasteiger partial charge in [-0.3, -0.25) is 9.69 Å². The minimum Gasteiger partial charge on any atom is -0.361 e. The lowest BCUT2D eigenvalue weighted by atomic mass is 9.97. The van der Waals surface area contributed by atoms with E-state index in [0.29, 0.717) is 38.2 Å². The van der Waals surface area contributed by atoms with Gasteiger partial charge >= 0.3 is 12.4 Å². The highest BCUT2D eigenvalue weighted by Crippen LogP contribution is 2.38. The number of aromatic nitrogens is 2. The van der Waals surface area contributed by atoms with E-state index in [1.165, 1.54) is 16.2 Å². The fourth-order valence-electron chi connectivity index (χ4n) is 5.07. The van der Waals surface area contributed by atoms with Gasteiger partial charge in [-0.05, 0) is 43.2 Å². The maximum Gasteiger partial charge on any atom is 0.417 e. The smallest absolute Gasteiger partial charge is 0.361 e. The summed E-state index contributed by atoms with van der Waals surface area (Å²) in [5.41, 5.74) is -1.19. The van der Waals surface area contributed by atoms with E-state index in [4.69, 9.17) is 0 Å². The van der Waals surface area contributed by atoms with Crippen molar-refractivity contribution in [1.82, 2.24) is 19.8 Å². The number of carbonyl (C=O) groups excluding carboxylic acids is 1. The van der Waals surface area contributed by atoms with Gasteiger partial charge in [0.1, 0.15) is 0 Å². The van der Waals surface area contributed by atoms with Gasteiger partial charge in [-0.1, -0.05) is 18.2 Å². The first-order chi connectivity index (χ1) is 18.4. The van der Waals surface area contributed by atoms with Crippen molar-refractivity contribution in [3.05, 3.63) is 87.0 Å². The molecule has 0 spiro atoms. The second kappa shape index (κ2) is 11.4. The summed E-state index contributed by atoms with van der Waals surface area (Å²) < 4.78 is 81.2. The number of fused-ring (bicyclic) bond motifs is 1. The lowest BCUT2D eigenvalue weighted by molar-refractivity contribution is -0.143. The van der Waals surface area contributed by atoms with Crippen LogP contribution < -0.4 is 0 Å². The van der Waals surface area contributed by atoms with Crippen LogP contribution in [-0.2, 0) is 25.3 Å². The average molecular weight is 603 g/mol. The van der Waals surface area contributed by atoms with Crippen LogP contribution in [0.3, 0.4) is 0 Å². The van der Waals surface area contributed by atoms with Crippen molar-refractivity contribution in [1.29, 1.82) is 0 Å². The molecule has 0 saturated carbocycles. The Morgan fingerprint density at radius 2 is 1.82 bits per heavy atom. The van der Waals surface area contributed by atoms with Crippen molar-refractivity contribution in [3.8, 4) is 0 Å². The molecule has 1 amide bonds. The quantitative estimate of drug-likeness (QED) is 0.251. The monoisotopic (exact) mass is 602 g/mol. The van der Waals surface area contributed by atoms with Crippen molar-refractivity contribution >= 4 is 40.6 Å². The molecule has 1 atom stereocenters. The Hall–Kier alpha value is -3.09. The Kier molecular flexibility index (Phi) is 8.53. The summed E-state index contributed by atoms with van der Waals surface area (Å²) in [6, 6.07) is 8.23. The number of piperazine rings is 1. The van der Waals surface area contributed by atoms with E-state index >= 15 is 0 Å². The molecule has 1 saturated heterocycles. The first-order valence-electron chi connectivity index (χ1n) is 12.2. The molecule has 5 nitrogen and oxygen atoms in total. The molecule has 4 aromatic rings. The number of amides is 1. The van der Waals surface area contributed by atoms with Crippen LogP contribution in [0.15, 0.2) is 54.0 Å². The number of aromatic amines is 1. The van der Waals surface area contributed by atoms with Crippen LogP contribution in [0, 0.1) is 6.92 Å². The number of thiazole rings is 1. The summed E-state index contributed by atoms with van der Waals surface area (Å²) in [5.74, 6) is -0.940. The number of nitrogens with one attached hydrogen (secondary N) is 1. The molecule has 0 aliphatic carbocycles. The molecule has 1 unspecified atom stereocenters. The number of halogens is 7. The minimum atomic E-state index is -5.14. The summed E-state index contributed by atoms with van der Waals surface area (Å²) in [5, 5.41) is 3.79. The number of hydrogen-bond donors (Lipinski definition) is 1. The standard InChI is InChI=1S/C27H24F6N4OS.ClH/c1-16-35-19(15-39-16)13-36-8-9-37(20(14-36)10-17-12-34-24-5-3-2-4-21(17)24)25(38)22-7-6-18(26(28,29)30)11-23(22)27(31,32)33;/h2-7,11-12,15,20,34H,8-10,13-14H2,1H3;1H. The maximum atomic E-state index is 13.9. The zero-order valence-corrected chi connectivity index (χ0v) is 22.8. The fraction of sp³-hybridized carbons (Fsp3) is 0.333. The Balaban J connectivity index is 0.00000370. The number of rotatable bonds is 5. The first-order valence-corrected chi connectivity index (χ1v) is 13.1. The highest BCUT2D eigenvalue weighted by molar-refractivity contribution is 7.09. The number of carbonyl (C=O) groups is 1. The zero-order valence-electron chi connectivity index (χ0n) is 21.1. The molecule has 3 heterocycles. The summed E-state index contributed by atoms with van der Waals surface area (Å²) in [7, 11) is 0. The summed E-state index contributed by atoms with van der Waals surface area (Å²) >= 11 is 1.52. The zero-order chi connectivity index (χ0) is 27.9. The van der Waals surface area contributed by atoms with E-state index < -0.39 is 41.0 Å². The highest BCUT2D eigenvalue weighted by atomic mass is 35.5. The molecule has 1 fully saturated rings. The predicted octanol–water partition coefficient (Wildman–Crippen LogP) is 6.96. The van der Waals surface area contributed by atoms with Crippen LogP contribution >= 0.6 is 23.7 Å². The van der Waals surface area contributed by atoms with Gasteiger partial charge < -0.3 is 9.88 Å². The van der Waals surface area contributed by atoms with Gasteiger partial charge in [-0.15, -0.1) is 23.7 Å². The topological polar surface area (TPSA) is 52.2 Å². The van der Waals surface area contributed by atoms with Gasteiger partial charge in [0.25, 0.3) is 5.91 Å². The molecule has 2 aromatic heterocycles. The van der Waals surface area contributed by atoms with E-state index in [-0.39, 0.29) is 25.0 Å². The first kappa shape index (κ1) is 29.9. The second-order valence-electron chi connectivity index (χ2n) is 9.56. The Labute approximate surface area is 236 Å². The van der Waals surface area contributed by atoms with Crippen molar-refractivity contribution < 1.29 is 31.1 Å². The fourth-order valence-corrected chi connectivity index (χ4v) is 5.67. The largest absolute Gasteiger partial charge is 0.417 e. The van der Waals surface area contributed by atoms with Crippen LogP contribution in [0.4, 0.5) is 26.3 Å². The van der Waals surface area contributed by atoms with Crippen LogP contribution in [0.25, 0.3) is 10.9 Å². The molecule has 13 heteroatoms. The Bertz CT molecular complexity index is 1500. The van der Waals surface area contributed by atoms with Gasteiger partial charge in [0.2, 0.25) is 0 Å². The maximum absolute atomic E-state index is 13.9. The lowest BCUT2D eigenvalue weighted by Gasteiger charge is -2.41. The summed E-state index contributed by atoms with van der Waals surface area (Å²) in [6.45, 7) is 3.28. The van der Waals surface area contributed by atoms with E-state index in [2.05, 4.69) is 14.9 Å². The molecular formula is C27H25ClF6N4OS. The van der Waals surface area contributed by atoms with Crippen molar-refractivity contribution in [2.75, 3.05) is 19.6 Å². The number of benzene rings is 2. The van der Waals surface area contributed by atoms with E-state index in [9.17, 15) is 31.1 Å². The molecular weight excluding hydrogens is 578 g/mol. The second-order valence-corrected chi connectivity index (χ2v) is 10.6. The lowest BCUT2D eigenvalue weighted by Crippen LogP contribution is -2.55. The molecule has 0 radical (unpaired) electrons. The van der Waals surface area contributed by atoms with Gasteiger partial charge in [0, 0.05) is 54.7 Å². The molecule has 1 aliphatic heterocycles. The highest BCUT2D eigenvalue weighted by Gasteiger charge is 2.41.